The fourth-order valence-corrected chi connectivity index (χ4v) is 5.03. The number of rotatable bonds is 6. The van der Waals surface area contributed by atoms with Gasteiger partial charge in [0.15, 0.2) is 0 Å². The maximum Gasteiger partial charge on any atom is 0.490 e. The predicted octanol–water partition coefficient (Wildman–Crippen LogP) is 5.16. The molecule has 2 aromatic heterocycles. The molecule has 4 heterocycles. The summed E-state index contributed by atoms with van der Waals surface area (Å²) in [6.07, 6.45) is -11.7. The number of aliphatic carboxylic acids is 3. The van der Waals surface area contributed by atoms with Crippen molar-refractivity contribution in [2.75, 3.05) is 32.8 Å². The van der Waals surface area contributed by atoms with Crippen molar-refractivity contribution < 1.29 is 83.2 Å². The SMILES string of the molecule is CCOC(=O)[C@]12CCCN(Cc3ccco3)C[C@H]1CN(Cc1cccc(C)n1)C2.O=C(O)C(F)(F)F.O=C(O)C(F)(F)F.O=C(O)C(F)(F)F. The molecule has 3 N–H and O–H groups in total. The molecule has 12 nitrogen and oxygen atoms in total. The maximum atomic E-state index is 13.1. The van der Waals surface area contributed by atoms with Crippen LogP contribution >= 0.6 is 0 Å². The van der Waals surface area contributed by atoms with Gasteiger partial charge in [0.05, 0.1) is 30.5 Å². The lowest BCUT2D eigenvalue weighted by molar-refractivity contribution is -0.193. The van der Waals surface area contributed by atoms with Crippen LogP contribution in [0.5, 0.6) is 0 Å². The number of ether oxygens (including phenoxy) is 1. The van der Waals surface area contributed by atoms with Crippen molar-refractivity contribution in [3.8, 4) is 0 Å². The van der Waals surface area contributed by atoms with Crippen LogP contribution < -0.4 is 0 Å². The average Bonchev–Trinajstić information content (AvgIpc) is 3.57. The number of pyridine rings is 1. The molecule has 0 aliphatic carbocycles. The van der Waals surface area contributed by atoms with Gasteiger partial charge in [-0.1, -0.05) is 6.07 Å². The molecular weight excluding hydrogens is 705 g/mol. The molecule has 0 radical (unpaired) electrons. The Balaban J connectivity index is 0.000000486. The molecule has 4 rings (SSSR count). The standard InChI is InChI=1S/C23H31N3O3.3C2HF3O2/c1-3-28-22(27)23-10-6-11-25(16-21-9-5-12-29-21)13-19(23)14-26(17-23)15-20-8-4-7-18(2)24-20;3*3-2(4,5)1(6)7/h4-5,7-9,12,19H,3,6,10-11,13-17H2,1-2H3;3*(H,6,7)/t19-,23-;;;/m0.../s1. The lowest BCUT2D eigenvalue weighted by Crippen LogP contribution is -2.42. The van der Waals surface area contributed by atoms with E-state index in [1.807, 2.05) is 32.0 Å². The molecule has 21 heteroatoms. The van der Waals surface area contributed by atoms with Crippen LogP contribution in [0.1, 0.15) is 36.9 Å². The number of halogens is 9. The molecule has 0 amide bonds. The first kappa shape index (κ1) is 43.6. The van der Waals surface area contributed by atoms with Gasteiger partial charge in [0, 0.05) is 37.8 Å². The normalized spacial score (nSPS) is 19.5. The largest absolute Gasteiger partial charge is 0.490 e. The summed E-state index contributed by atoms with van der Waals surface area (Å²) in [5, 5.41) is 21.4. The van der Waals surface area contributed by atoms with Crippen LogP contribution in [0.15, 0.2) is 41.0 Å². The van der Waals surface area contributed by atoms with E-state index in [-0.39, 0.29) is 11.9 Å². The topological polar surface area (TPSA) is 171 Å². The number of carbonyl (C=O) groups is 4. The quantitative estimate of drug-likeness (QED) is 0.263. The molecule has 0 saturated carbocycles. The first-order chi connectivity index (χ1) is 22.9. The number of aryl methyl sites for hydroxylation is 1. The average molecular weight is 740 g/mol. The second-order valence-corrected chi connectivity index (χ2v) is 10.8. The molecule has 2 saturated heterocycles. The van der Waals surface area contributed by atoms with Crippen LogP contribution in [-0.4, -0.2) is 105 Å². The fraction of sp³-hybridized carbons (Fsp3) is 0.552. The minimum atomic E-state index is -5.08. The van der Waals surface area contributed by atoms with Gasteiger partial charge in [-0.3, -0.25) is 19.6 Å². The van der Waals surface area contributed by atoms with Gasteiger partial charge >= 0.3 is 42.4 Å². The van der Waals surface area contributed by atoms with Crippen molar-refractivity contribution >= 4 is 23.9 Å². The summed E-state index contributed by atoms with van der Waals surface area (Å²) in [6, 6.07) is 10.1. The summed E-state index contributed by atoms with van der Waals surface area (Å²) in [5.41, 5.74) is 1.67. The van der Waals surface area contributed by atoms with Gasteiger partial charge < -0.3 is 24.5 Å². The zero-order chi connectivity index (χ0) is 38.5. The second kappa shape index (κ2) is 18.6. The molecule has 2 atom stereocenters. The third-order valence-corrected chi connectivity index (χ3v) is 7.04. The summed E-state index contributed by atoms with van der Waals surface area (Å²) in [5.74, 6) is -7.06. The number of likely N-dealkylation sites (tertiary alicyclic amines) is 2. The van der Waals surface area contributed by atoms with E-state index in [0.717, 1.165) is 69.3 Å². The highest BCUT2D eigenvalue weighted by Gasteiger charge is 2.54. The molecule has 0 aromatic carbocycles. The summed E-state index contributed by atoms with van der Waals surface area (Å²) >= 11 is 0. The van der Waals surface area contributed by atoms with E-state index in [2.05, 4.69) is 26.9 Å². The van der Waals surface area contributed by atoms with Crippen LogP contribution in [-0.2, 0) is 37.0 Å². The summed E-state index contributed by atoms with van der Waals surface area (Å²) < 4.78 is 106. The van der Waals surface area contributed by atoms with Crippen LogP contribution in [0, 0.1) is 18.3 Å². The van der Waals surface area contributed by atoms with E-state index in [1.165, 1.54) is 0 Å². The van der Waals surface area contributed by atoms with Crippen molar-refractivity contribution in [3.63, 3.8) is 0 Å². The van der Waals surface area contributed by atoms with E-state index in [0.29, 0.717) is 6.61 Å². The zero-order valence-electron chi connectivity index (χ0n) is 26.4. The Hall–Kier alpha value is -4.40. The Bertz CT molecular complexity index is 1340. The zero-order valence-corrected chi connectivity index (χ0v) is 26.4. The van der Waals surface area contributed by atoms with Gasteiger partial charge in [-0.05, 0) is 57.5 Å². The fourth-order valence-electron chi connectivity index (χ4n) is 5.03. The van der Waals surface area contributed by atoms with E-state index < -0.39 is 41.9 Å². The number of hydrogen-bond acceptors (Lipinski definition) is 9. The molecule has 282 valence electrons. The second-order valence-electron chi connectivity index (χ2n) is 10.8. The van der Waals surface area contributed by atoms with Crippen molar-refractivity contribution in [1.29, 1.82) is 0 Å². The number of aromatic nitrogens is 1. The van der Waals surface area contributed by atoms with E-state index >= 15 is 0 Å². The van der Waals surface area contributed by atoms with Gasteiger partial charge in [-0.2, -0.15) is 39.5 Å². The van der Waals surface area contributed by atoms with Crippen LogP contribution in [0.25, 0.3) is 0 Å². The number of carboxylic acid groups (broad SMARTS) is 3. The van der Waals surface area contributed by atoms with Crippen LogP contribution in [0.4, 0.5) is 39.5 Å². The highest BCUT2D eigenvalue weighted by atomic mass is 19.4. The van der Waals surface area contributed by atoms with Crippen molar-refractivity contribution in [1.82, 2.24) is 14.8 Å². The predicted molar refractivity (Wildman–Crippen MR) is 151 cm³/mol. The van der Waals surface area contributed by atoms with Gasteiger partial charge in [0.1, 0.15) is 5.76 Å². The molecule has 2 aromatic rings. The van der Waals surface area contributed by atoms with Gasteiger partial charge in [0.25, 0.3) is 0 Å². The van der Waals surface area contributed by atoms with Crippen LogP contribution in [0.2, 0.25) is 0 Å². The third-order valence-electron chi connectivity index (χ3n) is 7.04. The Morgan fingerprint density at radius 3 is 1.82 bits per heavy atom. The van der Waals surface area contributed by atoms with E-state index in [9.17, 15) is 44.3 Å². The Morgan fingerprint density at radius 1 is 0.860 bits per heavy atom. The van der Waals surface area contributed by atoms with Crippen molar-refractivity contribution in [3.05, 3.63) is 53.7 Å². The van der Waals surface area contributed by atoms with Crippen LogP contribution in [0.3, 0.4) is 0 Å². The maximum absolute atomic E-state index is 13.1. The molecule has 2 aliphatic heterocycles. The molecular formula is C29H34F9N3O9. The summed E-state index contributed by atoms with van der Waals surface area (Å²) in [4.78, 5) is 49.3. The van der Waals surface area contributed by atoms with Gasteiger partial charge in [-0.25, -0.2) is 14.4 Å². The van der Waals surface area contributed by atoms with E-state index in [4.69, 9.17) is 38.9 Å². The summed E-state index contributed by atoms with van der Waals surface area (Å²) in [7, 11) is 0. The highest BCUT2D eigenvalue weighted by Crippen LogP contribution is 2.44. The van der Waals surface area contributed by atoms with Crippen molar-refractivity contribution in [2.45, 2.75) is 58.3 Å². The molecule has 50 heavy (non-hydrogen) atoms. The molecule has 0 spiro atoms. The van der Waals surface area contributed by atoms with Gasteiger partial charge in [-0.15, -0.1) is 0 Å². The van der Waals surface area contributed by atoms with Gasteiger partial charge in [0.2, 0.25) is 0 Å². The Morgan fingerprint density at radius 2 is 1.38 bits per heavy atom. The Kier molecular flexibility index (Phi) is 16.2. The Labute approximate surface area is 278 Å². The number of carboxylic acids is 3. The lowest BCUT2D eigenvalue weighted by atomic mass is 9.75. The smallest absolute Gasteiger partial charge is 0.475 e. The minimum Gasteiger partial charge on any atom is -0.475 e. The minimum absolute atomic E-state index is 0.0236. The molecule has 2 aliphatic rings. The first-order valence-electron chi connectivity index (χ1n) is 14.4. The number of furan rings is 1. The first-order valence-corrected chi connectivity index (χ1v) is 14.4. The lowest BCUT2D eigenvalue weighted by Gasteiger charge is -2.31. The number of hydrogen-bond donors (Lipinski definition) is 3. The molecule has 0 bridgehead atoms. The number of nitrogens with zero attached hydrogens (tertiary/aromatic N) is 3. The number of esters is 1. The number of fused-ring (bicyclic) bond motifs is 1. The third kappa shape index (κ3) is 14.6. The van der Waals surface area contributed by atoms with Crippen molar-refractivity contribution in [2.24, 2.45) is 11.3 Å². The summed E-state index contributed by atoms with van der Waals surface area (Å²) in [6.45, 7) is 9.43. The monoisotopic (exact) mass is 739 g/mol. The molecule has 0 unspecified atom stereocenters. The number of alkyl halides is 9. The number of carbonyl (C=O) groups excluding carboxylic acids is 1. The molecule has 2 fully saturated rings. The highest BCUT2D eigenvalue weighted by molar-refractivity contribution is 5.78. The van der Waals surface area contributed by atoms with E-state index in [1.54, 1.807) is 6.26 Å².